The summed E-state index contributed by atoms with van der Waals surface area (Å²) in [7, 11) is -3.74. The number of anilines is 1. The largest absolute Gasteiger partial charge is 0.368 e. The predicted molar refractivity (Wildman–Crippen MR) is 128 cm³/mol. The highest BCUT2D eigenvalue weighted by Gasteiger charge is 2.31. The predicted octanol–water partition coefficient (Wildman–Crippen LogP) is 4.03. The second kappa shape index (κ2) is 9.41. The van der Waals surface area contributed by atoms with Gasteiger partial charge < -0.3 is 9.80 Å². The molecule has 1 amide bonds. The van der Waals surface area contributed by atoms with Crippen LogP contribution in [0.25, 0.3) is 0 Å². The van der Waals surface area contributed by atoms with Crippen LogP contribution >= 0.6 is 11.6 Å². The molecule has 0 saturated carbocycles. The first-order valence-electron chi connectivity index (χ1n) is 11.2. The molecule has 8 heteroatoms. The van der Waals surface area contributed by atoms with Crippen LogP contribution < -0.4 is 4.90 Å². The minimum atomic E-state index is -3.74. The summed E-state index contributed by atoms with van der Waals surface area (Å²) in [6, 6.07) is 12.9. The van der Waals surface area contributed by atoms with Crippen LogP contribution in [0.15, 0.2) is 47.4 Å². The summed E-state index contributed by atoms with van der Waals surface area (Å²) in [6.07, 6.45) is 1.86. The molecule has 6 nitrogen and oxygen atoms in total. The van der Waals surface area contributed by atoms with Crippen LogP contribution in [0.2, 0.25) is 5.02 Å². The third-order valence-corrected chi connectivity index (χ3v) is 8.70. The number of nitrogens with zero attached hydrogens (tertiary/aromatic N) is 3. The lowest BCUT2D eigenvalue weighted by Crippen LogP contribution is -2.48. The van der Waals surface area contributed by atoms with E-state index in [-0.39, 0.29) is 15.8 Å². The molecule has 0 N–H and O–H groups in total. The molecule has 1 unspecified atom stereocenters. The molecule has 2 fully saturated rings. The van der Waals surface area contributed by atoms with Gasteiger partial charge in [0.1, 0.15) is 4.90 Å². The average molecular weight is 476 g/mol. The molecule has 4 rings (SSSR count). The first kappa shape index (κ1) is 23.1. The van der Waals surface area contributed by atoms with Gasteiger partial charge in [-0.1, -0.05) is 30.7 Å². The van der Waals surface area contributed by atoms with Crippen LogP contribution in [-0.4, -0.2) is 62.8 Å². The standard InChI is InChI=1S/C24H30ClN3O3S/c1-18-5-3-7-21(15-18)26-11-13-27(14-12-26)24(29)20-8-9-22(25)23(16-20)32(30,31)28-10-4-6-19(2)17-28/h3,5,7-9,15-16,19H,4,6,10-14,17H2,1-2H3. The molecule has 2 aliphatic heterocycles. The van der Waals surface area contributed by atoms with Crippen LogP contribution in [0.3, 0.4) is 0 Å². The van der Waals surface area contributed by atoms with Gasteiger partial charge in [0.05, 0.1) is 5.02 Å². The number of hydrogen-bond acceptors (Lipinski definition) is 4. The van der Waals surface area contributed by atoms with E-state index in [1.807, 2.05) is 6.07 Å². The number of benzene rings is 2. The zero-order chi connectivity index (χ0) is 22.9. The van der Waals surface area contributed by atoms with Gasteiger partial charge in [-0.25, -0.2) is 8.42 Å². The van der Waals surface area contributed by atoms with Gasteiger partial charge in [-0.3, -0.25) is 4.79 Å². The van der Waals surface area contributed by atoms with E-state index in [2.05, 4.69) is 36.9 Å². The van der Waals surface area contributed by atoms with Gasteiger partial charge in [-0.05, 0) is 61.6 Å². The highest BCUT2D eigenvalue weighted by Crippen LogP contribution is 2.29. The van der Waals surface area contributed by atoms with E-state index in [0.29, 0.717) is 37.7 Å². The summed E-state index contributed by atoms with van der Waals surface area (Å²) in [5.74, 6) is 0.154. The topological polar surface area (TPSA) is 60.9 Å². The maximum atomic E-state index is 13.2. The molecular formula is C24H30ClN3O3S. The van der Waals surface area contributed by atoms with E-state index in [9.17, 15) is 13.2 Å². The van der Waals surface area contributed by atoms with Crippen molar-refractivity contribution in [2.45, 2.75) is 31.6 Å². The highest BCUT2D eigenvalue weighted by atomic mass is 35.5. The summed E-state index contributed by atoms with van der Waals surface area (Å²) in [6.45, 7) is 7.74. The Labute approximate surface area is 195 Å². The van der Waals surface area contributed by atoms with Crippen LogP contribution in [0, 0.1) is 12.8 Å². The van der Waals surface area contributed by atoms with Crippen molar-refractivity contribution in [3.8, 4) is 0 Å². The van der Waals surface area contributed by atoms with E-state index < -0.39 is 10.0 Å². The normalized spacial score (nSPS) is 20.4. The Morgan fingerprint density at radius 2 is 1.78 bits per heavy atom. The maximum Gasteiger partial charge on any atom is 0.254 e. The zero-order valence-electron chi connectivity index (χ0n) is 18.6. The molecule has 2 saturated heterocycles. The fourth-order valence-corrected chi connectivity index (χ4v) is 6.61. The number of carbonyl (C=O) groups is 1. The Bertz CT molecular complexity index is 1100. The Balaban J connectivity index is 1.49. The number of aryl methyl sites for hydroxylation is 1. The number of piperidine rings is 1. The van der Waals surface area contributed by atoms with Gasteiger partial charge in [0.2, 0.25) is 10.0 Å². The van der Waals surface area contributed by atoms with Crippen molar-refractivity contribution in [1.29, 1.82) is 0 Å². The van der Waals surface area contributed by atoms with Crippen molar-refractivity contribution in [1.82, 2.24) is 9.21 Å². The summed E-state index contributed by atoms with van der Waals surface area (Å²) >= 11 is 6.29. The number of amides is 1. The van der Waals surface area contributed by atoms with Crippen molar-refractivity contribution in [2.24, 2.45) is 5.92 Å². The lowest BCUT2D eigenvalue weighted by molar-refractivity contribution is 0.0746. The smallest absolute Gasteiger partial charge is 0.254 e. The number of carbonyl (C=O) groups excluding carboxylic acids is 1. The van der Waals surface area contributed by atoms with Gasteiger partial charge in [0.25, 0.3) is 5.91 Å². The highest BCUT2D eigenvalue weighted by molar-refractivity contribution is 7.89. The Hall–Kier alpha value is -2.09. The van der Waals surface area contributed by atoms with Gasteiger partial charge in [-0.2, -0.15) is 4.31 Å². The molecule has 172 valence electrons. The molecule has 0 spiro atoms. The Kier molecular flexibility index (Phi) is 6.79. The molecule has 2 aromatic rings. The van der Waals surface area contributed by atoms with E-state index in [1.54, 1.807) is 11.0 Å². The van der Waals surface area contributed by atoms with E-state index in [4.69, 9.17) is 11.6 Å². The fraction of sp³-hybridized carbons (Fsp3) is 0.458. The Morgan fingerprint density at radius 3 is 2.47 bits per heavy atom. The zero-order valence-corrected chi connectivity index (χ0v) is 20.2. The van der Waals surface area contributed by atoms with Crippen molar-refractivity contribution in [3.63, 3.8) is 0 Å². The van der Waals surface area contributed by atoms with Gasteiger partial charge in [0, 0.05) is 50.5 Å². The maximum absolute atomic E-state index is 13.2. The number of rotatable bonds is 4. The van der Waals surface area contributed by atoms with Gasteiger partial charge in [0.15, 0.2) is 0 Å². The molecule has 0 aromatic heterocycles. The minimum absolute atomic E-state index is 0.0255. The molecular weight excluding hydrogens is 446 g/mol. The lowest BCUT2D eigenvalue weighted by atomic mass is 10.0. The molecule has 0 bridgehead atoms. The fourth-order valence-electron chi connectivity index (χ4n) is 4.51. The van der Waals surface area contributed by atoms with E-state index >= 15 is 0 Å². The van der Waals surface area contributed by atoms with Gasteiger partial charge >= 0.3 is 0 Å². The van der Waals surface area contributed by atoms with E-state index in [0.717, 1.165) is 31.6 Å². The summed E-state index contributed by atoms with van der Waals surface area (Å²) < 4.78 is 28.0. The van der Waals surface area contributed by atoms with Crippen LogP contribution in [0.4, 0.5) is 5.69 Å². The summed E-state index contributed by atoms with van der Waals surface area (Å²) in [5.41, 5.74) is 2.73. The third-order valence-electron chi connectivity index (χ3n) is 6.35. The molecule has 1 atom stereocenters. The molecule has 2 heterocycles. The number of hydrogen-bond donors (Lipinski definition) is 0. The Morgan fingerprint density at radius 1 is 1.03 bits per heavy atom. The van der Waals surface area contributed by atoms with Crippen LogP contribution in [0.1, 0.15) is 35.7 Å². The van der Waals surface area contributed by atoms with Gasteiger partial charge in [-0.15, -0.1) is 0 Å². The molecule has 0 aliphatic carbocycles. The van der Waals surface area contributed by atoms with Crippen molar-refractivity contribution in [3.05, 3.63) is 58.6 Å². The quantitative estimate of drug-likeness (QED) is 0.669. The number of piperazine rings is 1. The molecule has 0 radical (unpaired) electrons. The summed E-state index contributed by atoms with van der Waals surface area (Å²) in [4.78, 5) is 17.3. The first-order chi connectivity index (χ1) is 15.3. The second-order valence-electron chi connectivity index (χ2n) is 8.87. The number of halogens is 1. The minimum Gasteiger partial charge on any atom is -0.368 e. The first-order valence-corrected chi connectivity index (χ1v) is 13.0. The van der Waals surface area contributed by atoms with Crippen molar-refractivity contribution < 1.29 is 13.2 Å². The van der Waals surface area contributed by atoms with Crippen LogP contribution in [-0.2, 0) is 10.0 Å². The lowest BCUT2D eigenvalue weighted by Gasteiger charge is -2.36. The summed E-state index contributed by atoms with van der Waals surface area (Å²) in [5, 5.41) is 0.157. The molecule has 2 aliphatic rings. The number of sulfonamides is 1. The monoisotopic (exact) mass is 475 g/mol. The third kappa shape index (κ3) is 4.80. The van der Waals surface area contributed by atoms with Crippen molar-refractivity contribution >= 4 is 33.2 Å². The molecule has 2 aromatic carbocycles. The van der Waals surface area contributed by atoms with Crippen LogP contribution in [0.5, 0.6) is 0 Å². The second-order valence-corrected chi connectivity index (χ2v) is 11.2. The SMILES string of the molecule is Cc1cccc(N2CCN(C(=O)c3ccc(Cl)c(S(=O)(=O)N4CCCC(C)C4)c3)CC2)c1. The average Bonchev–Trinajstić information content (AvgIpc) is 2.79. The van der Waals surface area contributed by atoms with Crippen molar-refractivity contribution in [2.75, 3.05) is 44.2 Å². The van der Waals surface area contributed by atoms with E-state index in [1.165, 1.54) is 22.0 Å². The molecule has 32 heavy (non-hydrogen) atoms.